The molecule has 3 aromatic rings. The minimum Gasteiger partial charge on any atom is -0.493 e. The lowest BCUT2D eigenvalue weighted by molar-refractivity contribution is -0.141. The van der Waals surface area contributed by atoms with E-state index in [0.717, 1.165) is 24.3 Å². The van der Waals surface area contributed by atoms with Crippen LogP contribution in [-0.2, 0) is 22.4 Å². The molecule has 0 atom stereocenters. The van der Waals surface area contributed by atoms with E-state index in [-0.39, 0.29) is 29.7 Å². The minimum absolute atomic E-state index is 0.0406. The molecule has 0 radical (unpaired) electrons. The molecule has 1 aliphatic heterocycles. The second kappa shape index (κ2) is 8.92. The van der Waals surface area contributed by atoms with Crippen molar-refractivity contribution < 1.29 is 31.1 Å². The van der Waals surface area contributed by atoms with Crippen molar-refractivity contribution >= 4 is 26.5 Å². The van der Waals surface area contributed by atoms with Crippen LogP contribution in [0, 0.1) is 5.92 Å². The summed E-state index contributed by atoms with van der Waals surface area (Å²) in [4.78, 5) is 16.4. The molecule has 7 nitrogen and oxygen atoms in total. The number of nitrogens with zero attached hydrogens (tertiary/aromatic N) is 3. The Balaban J connectivity index is 1.43. The Morgan fingerprint density at radius 2 is 1.86 bits per heavy atom. The maximum Gasteiger partial charge on any atom is 0.433 e. The molecule has 2 fully saturated rings. The molecule has 1 saturated heterocycles. The van der Waals surface area contributed by atoms with Crippen molar-refractivity contribution in [3.05, 3.63) is 53.5 Å². The number of rotatable bonds is 7. The molecule has 11 heteroatoms. The lowest BCUT2D eigenvalue weighted by Crippen LogP contribution is -2.25. The van der Waals surface area contributed by atoms with Crippen LogP contribution < -0.4 is 4.74 Å². The summed E-state index contributed by atoms with van der Waals surface area (Å²) in [6.45, 7) is 0.496. The van der Waals surface area contributed by atoms with Gasteiger partial charge in [0.25, 0.3) is 0 Å². The summed E-state index contributed by atoms with van der Waals surface area (Å²) >= 11 is 0. The van der Waals surface area contributed by atoms with E-state index in [9.17, 15) is 26.4 Å². The monoisotopic (exact) mass is 507 g/mol. The van der Waals surface area contributed by atoms with E-state index in [4.69, 9.17) is 4.74 Å². The highest BCUT2D eigenvalue weighted by molar-refractivity contribution is 7.91. The summed E-state index contributed by atoms with van der Waals surface area (Å²) in [5.41, 5.74) is -0.169. The highest BCUT2D eigenvalue weighted by Gasteiger charge is 2.33. The molecule has 0 spiro atoms. The van der Waals surface area contributed by atoms with Gasteiger partial charge in [-0.2, -0.15) is 18.3 Å². The van der Waals surface area contributed by atoms with E-state index in [0.29, 0.717) is 42.2 Å². The fraction of sp³-hybridized carbons (Fsp3) is 0.458. The van der Waals surface area contributed by atoms with Crippen LogP contribution in [0.15, 0.2) is 36.5 Å². The number of fused-ring (bicyclic) bond motifs is 1. The number of hydrogen-bond donors (Lipinski definition) is 0. The van der Waals surface area contributed by atoms with Gasteiger partial charge in [0, 0.05) is 29.6 Å². The maximum absolute atomic E-state index is 13.0. The van der Waals surface area contributed by atoms with E-state index in [1.54, 1.807) is 16.8 Å². The summed E-state index contributed by atoms with van der Waals surface area (Å²) in [5.74, 6) is 0.625. The third kappa shape index (κ3) is 5.50. The molecule has 1 saturated carbocycles. The summed E-state index contributed by atoms with van der Waals surface area (Å²) in [6, 6.07) is 6.75. The Morgan fingerprint density at radius 3 is 2.54 bits per heavy atom. The number of ketones is 1. The molecule has 5 rings (SSSR count). The number of Topliss-reactive ketones (excluding diaryl/α,β-unsaturated/α-hetero) is 1. The van der Waals surface area contributed by atoms with Crippen LogP contribution >= 0.6 is 0 Å². The number of pyridine rings is 1. The predicted molar refractivity (Wildman–Crippen MR) is 122 cm³/mol. The molecule has 186 valence electrons. The lowest BCUT2D eigenvalue weighted by Gasteiger charge is -2.22. The Kier molecular flexibility index (Phi) is 6.06. The van der Waals surface area contributed by atoms with Gasteiger partial charge in [0.05, 0.1) is 29.7 Å². The summed E-state index contributed by atoms with van der Waals surface area (Å²) in [5, 5.41) is 5.37. The van der Waals surface area contributed by atoms with Gasteiger partial charge in [-0.05, 0) is 49.8 Å². The largest absolute Gasteiger partial charge is 0.493 e. The van der Waals surface area contributed by atoms with Crippen LogP contribution in [0.1, 0.15) is 53.5 Å². The van der Waals surface area contributed by atoms with E-state index in [2.05, 4.69) is 10.1 Å². The molecule has 35 heavy (non-hydrogen) atoms. The number of aromatic nitrogens is 3. The van der Waals surface area contributed by atoms with Crippen molar-refractivity contribution in [1.29, 1.82) is 0 Å². The molecule has 3 heterocycles. The topological polar surface area (TPSA) is 91.2 Å². The van der Waals surface area contributed by atoms with Crippen LogP contribution in [0.4, 0.5) is 13.2 Å². The van der Waals surface area contributed by atoms with E-state index in [1.807, 2.05) is 6.20 Å². The number of benzene rings is 1. The van der Waals surface area contributed by atoms with E-state index >= 15 is 0 Å². The van der Waals surface area contributed by atoms with Gasteiger partial charge >= 0.3 is 6.18 Å². The molecular weight excluding hydrogens is 483 g/mol. The first-order chi connectivity index (χ1) is 16.6. The van der Waals surface area contributed by atoms with E-state index in [1.165, 1.54) is 12.1 Å². The van der Waals surface area contributed by atoms with Crippen molar-refractivity contribution in [2.24, 2.45) is 5.92 Å². The van der Waals surface area contributed by atoms with Crippen LogP contribution in [-0.4, -0.2) is 47.1 Å². The van der Waals surface area contributed by atoms with Gasteiger partial charge < -0.3 is 4.74 Å². The van der Waals surface area contributed by atoms with Crippen molar-refractivity contribution in [2.45, 2.75) is 44.3 Å². The standard InChI is InChI=1S/C24H24F3N3O4S/c25-24(26,27)23-3-1-2-19(28-23)21(31)11-16-10-17-13-30(18-6-8-35(32,33)9-7-18)29-20(17)12-22(16)34-14-15-4-5-15/h1-3,10,12-13,15,18H,4-9,11,14H2. The second-order valence-electron chi connectivity index (χ2n) is 9.27. The third-order valence-electron chi connectivity index (χ3n) is 6.45. The van der Waals surface area contributed by atoms with Gasteiger partial charge in [0.1, 0.15) is 27.0 Å². The van der Waals surface area contributed by atoms with Gasteiger partial charge in [0.2, 0.25) is 0 Å². The number of carbonyl (C=O) groups is 1. The van der Waals surface area contributed by atoms with Gasteiger partial charge in [0.15, 0.2) is 5.78 Å². The fourth-order valence-electron chi connectivity index (χ4n) is 4.22. The Labute approximate surface area is 200 Å². The first-order valence-corrected chi connectivity index (χ1v) is 13.3. The molecule has 0 N–H and O–H groups in total. The summed E-state index contributed by atoms with van der Waals surface area (Å²) in [6.07, 6.45) is 0.118. The van der Waals surface area contributed by atoms with Gasteiger partial charge in [-0.15, -0.1) is 0 Å². The molecule has 0 bridgehead atoms. The van der Waals surface area contributed by atoms with Crippen molar-refractivity contribution in [2.75, 3.05) is 18.1 Å². The quantitative estimate of drug-likeness (QED) is 0.440. The van der Waals surface area contributed by atoms with Crippen LogP contribution in [0.2, 0.25) is 0 Å². The number of hydrogen-bond acceptors (Lipinski definition) is 6. The molecule has 2 aliphatic rings. The molecule has 0 unspecified atom stereocenters. The van der Waals surface area contributed by atoms with Gasteiger partial charge in [-0.25, -0.2) is 13.4 Å². The maximum atomic E-state index is 13.0. The highest BCUT2D eigenvalue weighted by atomic mass is 32.2. The van der Waals surface area contributed by atoms with Gasteiger partial charge in [-0.3, -0.25) is 9.48 Å². The van der Waals surface area contributed by atoms with Crippen LogP contribution in [0.3, 0.4) is 0 Å². The lowest BCUT2D eigenvalue weighted by atomic mass is 10.0. The smallest absolute Gasteiger partial charge is 0.433 e. The number of sulfone groups is 1. The molecule has 1 aromatic carbocycles. The zero-order valence-corrected chi connectivity index (χ0v) is 19.6. The van der Waals surface area contributed by atoms with E-state index < -0.39 is 27.5 Å². The highest BCUT2D eigenvalue weighted by Crippen LogP contribution is 2.34. The van der Waals surface area contributed by atoms with Crippen molar-refractivity contribution in [3.63, 3.8) is 0 Å². The van der Waals surface area contributed by atoms with Crippen molar-refractivity contribution in [1.82, 2.24) is 14.8 Å². The predicted octanol–water partition coefficient (Wildman–Crippen LogP) is 4.41. The first-order valence-electron chi connectivity index (χ1n) is 11.5. The third-order valence-corrected chi connectivity index (χ3v) is 8.17. The number of alkyl halides is 3. The number of ether oxygens (including phenoxy) is 1. The van der Waals surface area contributed by atoms with Crippen LogP contribution in [0.25, 0.3) is 10.9 Å². The zero-order chi connectivity index (χ0) is 24.8. The molecule has 2 aromatic heterocycles. The Morgan fingerprint density at radius 1 is 1.11 bits per heavy atom. The first kappa shape index (κ1) is 23.8. The summed E-state index contributed by atoms with van der Waals surface area (Å²) < 4.78 is 70.4. The average Bonchev–Trinajstić information content (AvgIpc) is 3.55. The zero-order valence-electron chi connectivity index (χ0n) is 18.8. The normalized spacial score (nSPS) is 18.6. The summed E-state index contributed by atoms with van der Waals surface area (Å²) in [7, 11) is -3.00. The Bertz CT molecular complexity index is 1370. The number of carbonyl (C=O) groups excluding carboxylic acids is 1. The Hall–Kier alpha value is -2.95. The second-order valence-corrected chi connectivity index (χ2v) is 11.6. The average molecular weight is 508 g/mol. The van der Waals surface area contributed by atoms with Crippen LogP contribution in [0.5, 0.6) is 5.75 Å². The SMILES string of the molecule is O=C(Cc1cc2cn(C3CCS(=O)(=O)CC3)nc2cc1OCC1CC1)c1cccc(C(F)(F)F)n1. The minimum atomic E-state index is -4.64. The molecule has 0 amide bonds. The molecule has 1 aliphatic carbocycles. The molecular formula is C24H24F3N3O4S. The number of halogens is 3. The van der Waals surface area contributed by atoms with Crippen molar-refractivity contribution in [3.8, 4) is 5.75 Å². The van der Waals surface area contributed by atoms with Gasteiger partial charge in [-0.1, -0.05) is 6.07 Å². The fourth-order valence-corrected chi connectivity index (χ4v) is 5.69.